The third-order valence-electron chi connectivity index (χ3n) is 8.73. The average molecular weight is 569 g/mol. The van der Waals surface area contributed by atoms with Crippen molar-refractivity contribution in [1.29, 1.82) is 0 Å². The average Bonchev–Trinajstić information content (AvgIpc) is 3.60. The van der Waals surface area contributed by atoms with Gasteiger partial charge >= 0.3 is 0 Å². The fraction of sp³-hybridized carbons (Fsp3) is 0.0789. The van der Waals surface area contributed by atoms with Crippen LogP contribution in [0.5, 0.6) is 0 Å². The van der Waals surface area contributed by atoms with E-state index in [0.29, 0.717) is 0 Å². The van der Waals surface area contributed by atoms with E-state index in [-0.39, 0.29) is 12.3 Å². The highest BCUT2D eigenvalue weighted by molar-refractivity contribution is 6.18. The van der Waals surface area contributed by atoms with Gasteiger partial charge in [0.05, 0.1) is 22.1 Å². The molecule has 0 radical (unpaired) electrons. The van der Waals surface area contributed by atoms with Crippen molar-refractivity contribution in [1.82, 2.24) is 14.5 Å². The van der Waals surface area contributed by atoms with Crippen molar-refractivity contribution in [2.75, 3.05) is 0 Å². The maximum Gasteiger partial charge on any atom is 0.156 e. The second-order valence-corrected chi connectivity index (χ2v) is 11.3. The lowest BCUT2D eigenvalue weighted by molar-refractivity contribution is 0.577. The maximum atomic E-state index is 5.21. The van der Waals surface area contributed by atoms with Gasteiger partial charge in [-0.05, 0) is 30.3 Å². The van der Waals surface area contributed by atoms with Crippen LogP contribution >= 0.6 is 0 Å². The molecule has 6 nitrogen and oxygen atoms in total. The molecule has 0 saturated carbocycles. The molecule has 1 N–H and O–H groups in total. The number of nitrogens with one attached hydrogen (secondary N) is 1. The molecular formula is C38H28N6. The molecule has 2 aliphatic rings. The Bertz CT molecular complexity index is 2340. The van der Waals surface area contributed by atoms with E-state index in [1.165, 1.54) is 27.1 Å². The molecule has 0 saturated heterocycles. The number of aromatic nitrogens is 2. The quantitative estimate of drug-likeness (QED) is 0.228. The van der Waals surface area contributed by atoms with Crippen molar-refractivity contribution in [3.8, 4) is 0 Å². The van der Waals surface area contributed by atoms with Gasteiger partial charge in [0.2, 0.25) is 0 Å². The topological polar surface area (TPSA) is 59.0 Å². The van der Waals surface area contributed by atoms with Gasteiger partial charge in [-0.25, -0.2) is 15.0 Å². The Hall–Kier alpha value is -5.75. The number of hydrogen-bond donors (Lipinski definition) is 1. The summed E-state index contributed by atoms with van der Waals surface area (Å²) in [5, 5.41) is 8.26. The molecule has 2 aromatic heterocycles. The molecule has 210 valence electrons. The monoisotopic (exact) mass is 568 g/mol. The van der Waals surface area contributed by atoms with Crippen molar-refractivity contribution < 1.29 is 0 Å². The lowest BCUT2D eigenvalue weighted by Gasteiger charge is -2.21. The van der Waals surface area contributed by atoms with Gasteiger partial charge < -0.3 is 14.5 Å². The third kappa shape index (κ3) is 3.84. The molecule has 9 rings (SSSR count). The van der Waals surface area contributed by atoms with Crippen LogP contribution in [0.1, 0.15) is 29.9 Å². The molecule has 4 heterocycles. The first kappa shape index (κ1) is 24.8. The Kier molecular flexibility index (Phi) is 5.59. The van der Waals surface area contributed by atoms with Gasteiger partial charge in [-0.15, -0.1) is 0 Å². The lowest BCUT2D eigenvalue weighted by Crippen LogP contribution is -2.24. The number of benzene rings is 5. The fourth-order valence-electron chi connectivity index (χ4n) is 6.78. The highest BCUT2D eigenvalue weighted by Gasteiger charge is 2.24. The first-order valence-electron chi connectivity index (χ1n) is 15.0. The van der Waals surface area contributed by atoms with Gasteiger partial charge in [0.1, 0.15) is 18.2 Å². The van der Waals surface area contributed by atoms with Crippen LogP contribution in [-0.2, 0) is 0 Å². The summed E-state index contributed by atoms with van der Waals surface area (Å²) in [5.41, 5.74) is 6.73. The van der Waals surface area contributed by atoms with Crippen LogP contribution in [0, 0.1) is 0 Å². The predicted molar refractivity (Wildman–Crippen MR) is 182 cm³/mol. The zero-order chi connectivity index (χ0) is 29.0. The van der Waals surface area contributed by atoms with Crippen LogP contribution in [0.3, 0.4) is 0 Å². The number of hydrogen-bond acceptors (Lipinski definition) is 4. The summed E-state index contributed by atoms with van der Waals surface area (Å²) in [6.45, 7) is 0. The molecule has 2 unspecified atom stereocenters. The van der Waals surface area contributed by atoms with Gasteiger partial charge in [-0.3, -0.25) is 0 Å². The van der Waals surface area contributed by atoms with Crippen LogP contribution in [-0.4, -0.2) is 27.0 Å². The van der Waals surface area contributed by atoms with Crippen molar-refractivity contribution in [2.24, 2.45) is 15.0 Å². The Morgan fingerprint density at radius 1 is 0.568 bits per heavy atom. The predicted octanol–water partition coefficient (Wildman–Crippen LogP) is 8.38. The second-order valence-electron chi connectivity index (χ2n) is 11.3. The van der Waals surface area contributed by atoms with Crippen LogP contribution in [0.4, 0.5) is 0 Å². The molecule has 0 fully saturated rings. The van der Waals surface area contributed by atoms with Gasteiger partial charge in [0.15, 0.2) is 5.84 Å². The molecule has 7 aromatic rings. The van der Waals surface area contributed by atoms with Gasteiger partial charge in [0, 0.05) is 51.5 Å². The van der Waals surface area contributed by atoms with Crippen LogP contribution in [0.15, 0.2) is 149 Å². The number of aliphatic imine (C=N–C) groups is 3. The molecule has 6 heteroatoms. The Labute approximate surface area is 254 Å². The van der Waals surface area contributed by atoms with Gasteiger partial charge in [-0.1, -0.05) is 97.1 Å². The largest absolute Gasteiger partial charge is 0.347 e. The number of para-hydroxylation sites is 2. The molecule has 44 heavy (non-hydrogen) atoms. The van der Waals surface area contributed by atoms with E-state index in [1.54, 1.807) is 0 Å². The minimum absolute atomic E-state index is 0.109. The van der Waals surface area contributed by atoms with E-state index in [1.807, 2.05) is 48.8 Å². The highest BCUT2D eigenvalue weighted by Crippen LogP contribution is 2.41. The summed E-state index contributed by atoms with van der Waals surface area (Å²) >= 11 is 0. The van der Waals surface area contributed by atoms with Gasteiger partial charge in [0.25, 0.3) is 0 Å². The van der Waals surface area contributed by atoms with Crippen molar-refractivity contribution in [3.63, 3.8) is 0 Å². The third-order valence-corrected chi connectivity index (χ3v) is 8.73. The van der Waals surface area contributed by atoms with Gasteiger partial charge in [-0.2, -0.15) is 0 Å². The number of nitrogens with zero attached hydrogens (tertiary/aromatic N) is 5. The number of rotatable bonds is 4. The molecule has 5 aromatic carbocycles. The van der Waals surface area contributed by atoms with E-state index in [4.69, 9.17) is 9.98 Å². The first-order chi connectivity index (χ1) is 21.8. The molecule has 2 aliphatic heterocycles. The SMILES string of the molecule is C1=CC(n2c3ccccc3c3cc4c5ccccc5n(C5CC=NC(c6ccccc6)=N5)c4cc32)N=C(c2ccccc2)N1. The Morgan fingerprint density at radius 2 is 1.18 bits per heavy atom. The highest BCUT2D eigenvalue weighted by atomic mass is 15.2. The minimum Gasteiger partial charge on any atom is -0.347 e. The van der Waals surface area contributed by atoms with E-state index in [9.17, 15) is 0 Å². The van der Waals surface area contributed by atoms with Crippen molar-refractivity contribution >= 4 is 61.5 Å². The smallest absolute Gasteiger partial charge is 0.156 e. The molecule has 0 aliphatic carbocycles. The van der Waals surface area contributed by atoms with Crippen molar-refractivity contribution in [3.05, 3.63) is 145 Å². The summed E-state index contributed by atoms with van der Waals surface area (Å²) in [6.07, 6.45) is 6.57. The Balaban J connectivity index is 1.30. The summed E-state index contributed by atoms with van der Waals surface area (Å²) in [6, 6.07) is 42.6. The van der Waals surface area contributed by atoms with Crippen LogP contribution in [0.2, 0.25) is 0 Å². The standard InChI is InChI=1S/C38H28N6/c1-3-11-25(12-4-1)37-39-21-19-35(41-37)43-31-17-9-7-15-27(31)29-23-30-28-16-8-10-18-32(28)44(34(30)24-33(29)43)36-20-22-40-38(42-36)26-13-5-2-6-14-26/h1-19,21-24,35-36H,20H2,(H,39,41). The van der Waals surface area contributed by atoms with Crippen molar-refractivity contribution in [2.45, 2.75) is 18.8 Å². The second kappa shape index (κ2) is 9.92. The molecule has 0 spiro atoms. The summed E-state index contributed by atoms with van der Waals surface area (Å²) in [7, 11) is 0. The minimum atomic E-state index is -0.200. The number of fused-ring (bicyclic) bond motifs is 6. The van der Waals surface area contributed by atoms with E-state index in [0.717, 1.165) is 45.8 Å². The summed E-state index contributed by atoms with van der Waals surface area (Å²) in [4.78, 5) is 15.1. The number of amidine groups is 2. The molecule has 0 amide bonds. The van der Waals surface area contributed by atoms with E-state index >= 15 is 0 Å². The zero-order valence-electron chi connectivity index (χ0n) is 23.9. The fourth-order valence-corrected chi connectivity index (χ4v) is 6.78. The Morgan fingerprint density at radius 3 is 1.91 bits per heavy atom. The van der Waals surface area contributed by atoms with E-state index < -0.39 is 0 Å². The molecule has 0 bridgehead atoms. The maximum absolute atomic E-state index is 5.21. The van der Waals surface area contributed by atoms with Crippen LogP contribution < -0.4 is 5.32 Å². The summed E-state index contributed by atoms with van der Waals surface area (Å²) < 4.78 is 4.77. The summed E-state index contributed by atoms with van der Waals surface area (Å²) in [5.74, 6) is 1.63. The normalized spacial score (nSPS) is 18.2. The van der Waals surface area contributed by atoms with Crippen LogP contribution in [0.25, 0.3) is 43.6 Å². The molecular weight excluding hydrogens is 540 g/mol. The lowest BCUT2D eigenvalue weighted by atomic mass is 10.1. The molecule has 2 atom stereocenters. The first-order valence-corrected chi connectivity index (χ1v) is 15.0. The van der Waals surface area contributed by atoms with E-state index in [2.05, 4.69) is 110 Å². The zero-order valence-corrected chi connectivity index (χ0v) is 23.9.